The zero-order chi connectivity index (χ0) is 15.6. The van der Waals surface area contributed by atoms with Crippen LogP contribution in [0.2, 0.25) is 0 Å². The van der Waals surface area contributed by atoms with Gasteiger partial charge < -0.3 is 5.73 Å². The van der Waals surface area contributed by atoms with Gasteiger partial charge in [-0.2, -0.15) is 0 Å². The summed E-state index contributed by atoms with van der Waals surface area (Å²) < 4.78 is 1.72. The van der Waals surface area contributed by atoms with Gasteiger partial charge >= 0.3 is 0 Å². The van der Waals surface area contributed by atoms with Crippen molar-refractivity contribution in [3.05, 3.63) is 60.4 Å². The molecule has 0 aliphatic heterocycles. The van der Waals surface area contributed by atoms with E-state index in [0.717, 1.165) is 11.1 Å². The third kappa shape index (κ3) is 2.48. The van der Waals surface area contributed by atoms with Crippen LogP contribution in [-0.2, 0) is 6.54 Å². The number of nitrogens with two attached hydrogens (primary N) is 1. The van der Waals surface area contributed by atoms with Gasteiger partial charge in [0.25, 0.3) is 0 Å². The van der Waals surface area contributed by atoms with Crippen molar-refractivity contribution in [3.63, 3.8) is 0 Å². The van der Waals surface area contributed by atoms with Gasteiger partial charge in [-0.25, -0.2) is 14.6 Å². The van der Waals surface area contributed by atoms with Crippen LogP contribution in [0.15, 0.2) is 54.9 Å². The molecule has 4 aromatic rings. The number of nitrogen functional groups attached to an aromatic ring is 1. The summed E-state index contributed by atoms with van der Waals surface area (Å²) in [6.07, 6.45) is 3.40. The lowest BCUT2D eigenvalue weighted by Gasteiger charge is -2.04. The van der Waals surface area contributed by atoms with Crippen LogP contribution in [0.1, 0.15) is 5.56 Å². The summed E-state index contributed by atoms with van der Waals surface area (Å²) in [6.45, 7) is 0.570. The molecule has 0 saturated heterocycles. The summed E-state index contributed by atoms with van der Waals surface area (Å²) in [5, 5.41) is 8.25. The fraction of sp³-hybridized carbons (Fsp3) is 0.0625. The van der Waals surface area contributed by atoms with E-state index in [9.17, 15) is 0 Å². The largest absolute Gasteiger partial charge is 0.382 e. The predicted molar refractivity (Wildman–Crippen MR) is 86.3 cm³/mol. The second-order valence-corrected chi connectivity index (χ2v) is 5.08. The first-order valence-electron chi connectivity index (χ1n) is 7.12. The van der Waals surface area contributed by atoms with Crippen LogP contribution in [0.5, 0.6) is 0 Å². The molecule has 0 spiro atoms. The highest BCUT2D eigenvalue weighted by atomic mass is 15.4. The van der Waals surface area contributed by atoms with E-state index in [4.69, 9.17) is 5.73 Å². The average Bonchev–Trinajstić information content (AvgIpc) is 3.00. The van der Waals surface area contributed by atoms with E-state index in [2.05, 4.69) is 25.3 Å². The second-order valence-electron chi connectivity index (χ2n) is 5.08. The van der Waals surface area contributed by atoms with Gasteiger partial charge in [-0.05, 0) is 17.7 Å². The van der Waals surface area contributed by atoms with Crippen molar-refractivity contribution in [2.75, 3.05) is 5.73 Å². The van der Waals surface area contributed by atoms with Crippen molar-refractivity contribution < 1.29 is 0 Å². The number of anilines is 1. The predicted octanol–water partition coefficient (Wildman–Crippen LogP) is 1.91. The molecule has 0 aliphatic rings. The first-order valence-corrected chi connectivity index (χ1v) is 7.12. The number of rotatable bonds is 3. The smallest absolute Gasteiger partial charge is 0.184 e. The van der Waals surface area contributed by atoms with Crippen LogP contribution in [0.3, 0.4) is 0 Å². The highest BCUT2D eigenvalue weighted by Crippen LogP contribution is 2.21. The minimum atomic E-state index is 0.313. The fourth-order valence-corrected chi connectivity index (χ4v) is 2.36. The third-order valence-corrected chi connectivity index (χ3v) is 3.48. The molecule has 0 fully saturated rings. The Labute approximate surface area is 131 Å². The zero-order valence-electron chi connectivity index (χ0n) is 12.2. The molecule has 0 saturated carbocycles. The van der Waals surface area contributed by atoms with Crippen LogP contribution >= 0.6 is 0 Å². The molecule has 4 rings (SSSR count). The van der Waals surface area contributed by atoms with Gasteiger partial charge in [0.15, 0.2) is 22.8 Å². The molecular weight excluding hydrogens is 290 g/mol. The lowest BCUT2D eigenvalue weighted by atomic mass is 10.2. The van der Waals surface area contributed by atoms with Crippen LogP contribution in [0.25, 0.3) is 22.6 Å². The fourth-order valence-electron chi connectivity index (χ4n) is 2.36. The van der Waals surface area contributed by atoms with Gasteiger partial charge in [0, 0.05) is 18.0 Å². The van der Waals surface area contributed by atoms with Crippen molar-refractivity contribution in [3.8, 4) is 11.4 Å². The Kier molecular flexibility index (Phi) is 3.16. The molecule has 0 atom stereocenters. The molecule has 0 unspecified atom stereocenters. The van der Waals surface area contributed by atoms with Crippen molar-refractivity contribution in [2.24, 2.45) is 0 Å². The number of benzene rings is 1. The van der Waals surface area contributed by atoms with Crippen molar-refractivity contribution >= 4 is 17.0 Å². The Bertz CT molecular complexity index is 948. The lowest BCUT2D eigenvalue weighted by molar-refractivity contribution is 0.664. The first-order chi connectivity index (χ1) is 11.3. The molecular formula is C16H13N7. The van der Waals surface area contributed by atoms with E-state index < -0.39 is 0 Å². The molecule has 7 heteroatoms. The maximum Gasteiger partial charge on any atom is 0.184 e. The average molecular weight is 303 g/mol. The summed E-state index contributed by atoms with van der Waals surface area (Å²) in [7, 11) is 0. The third-order valence-electron chi connectivity index (χ3n) is 3.48. The maximum absolute atomic E-state index is 6.01. The summed E-state index contributed by atoms with van der Waals surface area (Å²) >= 11 is 0. The normalized spacial score (nSPS) is 11.0. The highest BCUT2D eigenvalue weighted by molar-refractivity contribution is 5.83. The van der Waals surface area contributed by atoms with E-state index in [0.29, 0.717) is 29.4 Å². The van der Waals surface area contributed by atoms with Gasteiger partial charge in [-0.1, -0.05) is 35.5 Å². The number of fused-ring (bicyclic) bond motifs is 1. The molecule has 0 amide bonds. The molecule has 0 aliphatic carbocycles. The van der Waals surface area contributed by atoms with Crippen LogP contribution < -0.4 is 5.73 Å². The van der Waals surface area contributed by atoms with Crippen molar-refractivity contribution in [1.29, 1.82) is 0 Å². The van der Waals surface area contributed by atoms with Gasteiger partial charge in [-0.15, -0.1) is 5.10 Å². The van der Waals surface area contributed by atoms with E-state index in [-0.39, 0.29) is 0 Å². The van der Waals surface area contributed by atoms with E-state index in [1.54, 1.807) is 17.1 Å². The molecule has 7 nitrogen and oxygen atoms in total. The van der Waals surface area contributed by atoms with E-state index >= 15 is 0 Å². The topological polar surface area (TPSA) is 95.4 Å². The van der Waals surface area contributed by atoms with E-state index in [1.807, 2.05) is 42.5 Å². The van der Waals surface area contributed by atoms with Crippen LogP contribution in [0.4, 0.5) is 5.82 Å². The molecule has 3 aromatic heterocycles. The van der Waals surface area contributed by atoms with Crippen LogP contribution in [-0.4, -0.2) is 29.9 Å². The van der Waals surface area contributed by atoms with Gasteiger partial charge in [0.2, 0.25) is 0 Å². The van der Waals surface area contributed by atoms with Crippen molar-refractivity contribution in [2.45, 2.75) is 6.54 Å². The molecule has 2 N–H and O–H groups in total. The number of pyridine rings is 1. The molecule has 3 heterocycles. The van der Waals surface area contributed by atoms with Gasteiger partial charge in [0.1, 0.15) is 0 Å². The molecule has 1 aromatic carbocycles. The summed E-state index contributed by atoms with van der Waals surface area (Å²) in [4.78, 5) is 13.0. The second kappa shape index (κ2) is 5.45. The Morgan fingerprint density at radius 1 is 1.00 bits per heavy atom. The van der Waals surface area contributed by atoms with Gasteiger partial charge in [0.05, 0.1) is 6.54 Å². The minimum Gasteiger partial charge on any atom is -0.382 e. The quantitative estimate of drug-likeness (QED) is 0.621. The number of aromatic nitrogens is 6. The number of nitrogens with zero attached hydrogens (tertiary/aromatic N) is 6. The summed E-state index contributed by atoms with van der Waals surface area (Å²) in [5.41, 5.74) is 9.04. The Morgan fingerprint density at radius 3 is 2.65 bits per heavy atom. The molecule has 112 valence electrons. The highest BCUT2D eigenvalue weighted by Gasteiger charge is 2.14. The SMILES string of the molecule is Nc1nc(-c2cccnc2)nc2c1nnn2Cc1ccccc1. The standard InChI is InChI=1S/C16H13N7/c17-14-13-16(20-15(19-14)12-7-4-8-18-9-12)23(22-21-13)10-11-5-2-1-3-6-11/h1-9H,10H2,(H2,17,19,20). The maximum atomic E-state index is 6.01. The summed E-state index contributed by atoms with van der Waals surface area (Å²) in [5.74, 6) is 0.827. The molecule has 0 radical (unpaired) electrons. The summed E-state index contributed by atoms with van der Waals surface area (Å²) in [6, 6.07) is 13.7. The number of hydrogen-bond acceptors (Lipinski definition) is 6. The van der Waals surface area contributed by atoms with E-state index in [1.165, 1.54) is 0 Å². The van der Waals surface area contributed by atoms with Crippen LogP contribution in [0, 0.1) is 0 Å². The number of hydrogen-bond donors (Lipinski definition) is 1. The zero-order valence-corrected chi connectivity index (χ0v) is 12.2. The first kappa shape index (κ1) is 13.3. The Balaban J connectivity index is 1.82. The molecule has 0 bridgehead atoms. The monoisotopic (exact) mass is 303 g/mol. The van der Waals surface area contributed by atoms with Crippen molar-refractivity contribution in [1.82, 2.24) is 29.9 Å². The lowest BCUT2D eigenvalue weighted by Crippen LogP contribution is -2.04. The minimum absolute atomic E-state index is 0.313. The Hall–Kier alpha value is -3.35. The van der Waals surface area contributed by atoms with Gasteiger partial charge in [-0.3, -0.25) is 4.98 Å². The molecule has 23 heavy (non-hydrogen) atoms. The Morgan fingerprint density at radius 2 is 1.87 bits per heavy atom.